The van der Waals surface area contributed by atoms with Crippen LogP contribution in [-0.4, -0.2) is 30.5 Å². The second-order valence-corrected chi connectivity index (χ2v) is 6.10. The molecule has 2 aromatic rings. The van der Waals surface area contributed by atoms with E-state index in [0.29, 0.717) is 5.56 Å². The Kier molecular flexibility index (Phi) is 4.70. The standard InChI is InChI=1S/C15H15NO5S/c1-11(18)15-13(6-4-8-16(15)9-10-17)12-5-2-3-7-14(12)22(19,20)21/h2-8,17H,9-10H2,1H3/p+1. The largest absolute Gasteiger partial charge is 0.390 e. The van der Waals surface area contributed by atoms with Crippen molar-refractivity contribution in [3.63, 3.8) is 0 Å². The van der Waals surface area contributed by atoms with Crippen LogP contribution in [-0.2, 0) is 16.7 Å². The van der Waals surface area contributed by atoms with Gasteiger partial charge in [-0.25, -0.2) is 0 Å². The molecule has 0 spiro atoms. The number of hydrogen-bond donors (Lipinski definition) is 2. The minimum Gasteiger partial charge on any atom is -0.390 e. The molecule has 0 saturated heterocycles. The Morgan fingerprint density at radius 1 is 1.14 bits per heavy atom. The van der Waals surface area contributed by atoms with Crippen molar-refractivity contribution in [2.75, 3.05) is 6.61 Å². The number of pyridine rings is 1. The molecule has 0 fully saturated rings. The quantitative estimate of drug-likeness (QED) is 0.488. The molecule has 1 heterocycles. The Morgan fingerprint density at radius 2 is 1.77 bits per heavy atom. The van der Waals surface area contributed by atoms with Crippen LogP contribution in [0.1, 0.15) is 17.4 Å². The lowest BCUT2D eigenvalue weighted by Crippen LogP contribution is -2.41. The van der Waals surface area contributed by atoms with Gasteiger partial charge in [-0.2, -0.15) is 13.0 Å². The number of hydrogen-bond acceptors (Lipinski definition) is 4. The van der Waals surface area contributed by atoms with Gasteiger partial charge in [0.15, 0.2) is 12.7 Å². The summed E-state index contributed by atoms with van der Waals surface area (Å²) in [6, 6.07) is 9.17. The maximum Gasteiger partial charge on any atom is 0.295 e. The number of rotatable bonds is 5. The van der Waals surface area contributed by atoms with Crippen LogP contribution in [0.5, 0.6) is 0 Å². The lowest BCUT2D eigenvalue weighted by Gasteiger charge is -2.10. The summed E-state index contributed by atoms with van der Waals surface area (Å²) in [7, 11) is -4.42. The number of nitrogens with zero attached hydrogens (tertiary/aromatic N) is 1. The Bertz CT molecular complexity index is 814. The van der Waals surface area contributed by atoms with E-state index in [9.17, 15) is 17.8 Å². The summed E-state index contributed by atoms with van der Waals surface area (Å²) in [5.41, 5.74) is 0.895. The molecule has 1 aromatic heterocycles. The van der Waals surface area contributed by atoms with Gasteiger partial charge in [-0.05, 0) is 12.1 Å². The van der Waals surface area contributed by atoms with Gasteiger partial charge < -0.3 is 5.11 Å². The number of carbonyl (C=O) groups is 1. The summed E-state index contributed by atoms with van der Waals surface area (Å²) in [4.78, 5) is 11.7. The van der Waals surface area contributed by atoms with E-state index in [4.69, 9.17) is 5.11 Å². The van der Waals surface area contributed by atoms with Crippen molar-refractivity contribution in [3.05, 3.63) is 48.3 Å². The van der Waals surface area contributed by atoms with E-state index in [2.05, 4.69) is 0 Å². The molecule has 2 N–H and O–H groups in total. The molecular formula is C15H16NO5S+. The Hall–Kier alpha value is -2.09. The fourth-order valence-corrected chi connectivity index (χ4v) is 3.08. The van der Waals surface area contributed by atoms with Gasteiger partial charge in [0.1, 0.15) is 11.5 Å². The first-order valence-corrected chi connectivity index (χ1v) is 8.01. The molecule has 0 aliphatic heterocycles. The predicted molar refractivity (Wildman–Crippen MR) is 79.0 cm³/mol. The SMILES string of the molecule is CC(=O)c1c(-c2ccccc2S(=O)(=O)O)ccc[n+]1CCO. The van der Waals surface area contributed by atoms with Crippen LogP contribution in [0.3, 0.4) is 0 Å². The molecule has 22 heavy (non-hydrogen) atoms. The zero-order valence-corrected chi connectivity index (χ0v) is 12.7. The Morgan fingerprint density at radius 3 is 2.36 bits per heavy atom. The fourth-order valence-electron chi connectivity index (χ4n) is 2.37. The van der Waals surface area contributed by atoms with Crippen molar-refractivity contribution < 1.29 is 27.4 Å². The first kappa shape index (κ1) is 16.3. The highest BCUT2D eigenvalue weighted by molar-refractivity contribution is 7.86. The van der Waals surface area contributed by atoms with E-state index < -0.39 is 10.1 Å². The Labute approximate surface area is 128 Å². The second-order valence-electron chi connectivity index (χ2n) is 4.71. The number of benzene rings is 1. The van der Waals surface area contributed by atoms with Gasteiger partial charge >= 0.3 is 0 Å². The third-order valence-corrected chi connectivity index (χ3v) is 4.11. The fraction of sp³-hybridized carbons (Fsp3) is 0.200. The Balaban J connectivity index is 2.79. The van der Waals surface area contributed by atoms with Crippen LogP contribution in [0.15, 0.2) is 47.5 Å². The van der Waals surface area contributed by atoms with Crippen molar-refractivity contribution in [1.82, 2.24) is 0 Å². The van der Waals surface area contributed by atoms with Crippen molar-refractivity contribution in [3.8, 4) is 11.1 Å². The summed E-state index contributed by atoms with van der Waals surface area (Å²) >= 11 is 0. The first-order chi connectivity index (χ1) is 10.4. The maximum absolute atomic E-state index is 12.0. The molecule has 0 saturated carbocycles. The van der Waals surface area contributed by atoms with Crippen molar-refractivity contribution >= 4 is 15.9 Å². The highest BCUT2D eigenvalue weighted by atomic mass is 32.2. The van der Waals surface area contributed by atoms with E-state index in [1.54, 1.807) is 29.0 Å². The molecule has 0 radical (unpaired) electrons. The predicted octanol–water partition coefficient (Wildman–Crippen LogP) is 1.08. The molecule has 0 aliphatic carbocycles. The molecule has 2 rings (SSSR count). The zero-order valence-electron chi connectivity index (χ0n) is 11.9. The topological polar surface area (TPSA) is 95.5 Å². The van der Waals surface area contributed by atoms with E-state index >= 15 is 0 Å². The molecule has 0 unspecified atom stereocenters. The molecular weight excluding hydrogens is 306 g/mol. The summed E-state index contributed by atoms with van der Waals surface area (Å²) in [5, 5.41) is 9.10. The van der Waals surface area contributed by atoms with Crippen LogP contribution in [0.2, 0.25) is 0 Å². The van der Waals surface area contributed by atoms with Crippen LogP contribution in [0, 0.1) is 0 Å². The molecule has 0 aliphatic rings. The number of aliphatic hydroxyl groups is 1. The highest BCUT2D eigenvalue weighted by Crippen LogP contribution is 2.28. The zero-order chi connectivity index (χ0) is 16.3. The van der Waals surface area contributed by atoms with Crippen molar-refractivity contribution in [2.24, 2.45) is 0 Å². The van der Waals surface area contributed by atoms with E-state index in [0.717, 1.165) is 0 Å². The third kappa shape index (κ3) is 3.22. The van der Waals surface area contributed by atoms with Gasteiger partial charge in [0.25, 0.3) is 15.8 Å². The molecule has 0 amide bonds. The maximum atomic E-state index is 12.0. The van der Waals surface area contributed by atoms with E-state index in [1.807, 2.05) is 0 Å². The van der Waals surface area contributed by atoms with Gasteiger partial charge in [-0.3, -0.25) is 9.35 Å². The van der Waals surface area contributed by atoms with Crippen molar-refractivity contribution in [2.45, 2.75) is 18.4 Å². The average molecular weight is 322 g/mol. The molecule has 0 bridgehead atoms. The highest BCUT2D eigenvalue weighted by Gasteiger charge is 2.25. The van der Waals surface area contributed by atoms with Crippen LogP contribution in [0.25, 0.3) is 11.1 Å². The second kappa shape index (κ2) is 6.35. The monoisotopic (exact) mass is 322 g/mol. The molecule has 116 valence electrons. The number of aliphatic hydroxyl groups excluding tert-OH is 1. The first-order valence-electron chi connectivity index (χ1n) is 6.57. The van der Waals surface area contributed by atoms with Gasteiger partial charge in [0.2, 0.25) is 5.78 Å². The molecule has 6 nitrogen and oxygen atoms in total. The van der Waals surface area contributed by atoms with E-state index in [1.165, 1.54) is 25.1 Å². The number of Topliss-reactive ketones (excluding diaryl/α,β-unsaturated/α-hetero) is 1. The molecule has 7 heteroatoms. The third-order valence-electron chi connectivity index (χ3n) is 3.20. The summed E-state index contributed by atoms with van der Waals surface area (Å²) < 4.78 is 34.0. The lowest BCUT2D eigenvalue weighted by molar-refractivity contribution is -0.699. The minimum atomic E-state index is -4.42. The van der Waals surface area contributed by atoms with Crippen LogP contribution in [0.4, 0.5) is 0 Å². The number of aromatic nitrogens is 1. The number of ketones is 1. The normalized spacial score (nSPS) is 11.4. The summed E-state index contributed by atoms with van der Waals surface area (Å²) in [5.74, 6) is -0.269. The van der Waals surface area contributed by atoms with Gasteiger partial charge in [0, 0.05) is 18.6 Å². The molecule has 1 aromatic carbocycles. The summed E-state index contributed by atoms with van der Waals surface area (Å²) in [6.45, 7) is 1.41. The number of carbonyl (C=O) groups excluding carboxylic acids is 1. The van der Waals surface area contributed by atoms with Crippen molar-refractivity contribution in [1.29, 1.82) is 0 Å². The molecule has 0 atom stereocenters. The van der Waals surface area contributed by atoms with Gasteiger partial charge in [0.05, 0.1) is 5.56 Å². The van der Waals surface area contributed by atoms with Gasteiger partial charge in [-0.1, -0.05) is 18.2 Å². The smallest absolute Gasteiger partial charge is 0.295 e. The lowest BCUT2D eigenvalue weighted by atomic mass is 10.0. The average Bonchev–Trinajstić information content (AvgIpc) is 2.46. The van der Waals surface area contributed by atoms with E-state index in [-0.39, 0.29) is 35.1 Å². The van der Waals surface area contributed by atoms with Crippen LogP contribution < -0.4 is 4.57 Å². The minimum absolute atomic E-state index is 0.158. The van der Waals surface area contributed by atoms with Crippen LogP contribution >= 0.6 is 0 Å². The summed E-state index contributed by atoms with van der Waals surface area (Å²) in [6.07, 6.45) is 1.63. The van der Waals surface area contributed by atoms with Gasteiger partial charge in [-0.15, -0.1) is 0 Å².